The molecule has 0 spiro atoms. The normalized spacial score (nSPS) is 23.3. The molecule has 2 unspecified atom stereocenters. The van der Waals surface area contributed by atoms with Crippen LogP contribution in [0.4, 0.5) is 0 Å². The Morgan fingerprint density at radius 2 is 2.19 bits per heavy atom. The Balaban J connectivity index is 2.48. The van der Waals surface area contributed by atoms with Gasteiger partial charge in [-0.2, -0.15) is 0 Å². The third kappa shape index (κ3) is 3.32. The smallest absolute Gasteiger partial charge is 0.222 e. The molecule has 0 bridgehead atoms. The molecule has 0 saturated carbocycles. The van der Waals surface area contributed by atoms with Gasteiger partial charge in [0.15, 0.2) is 0 Å². The van der Waals surface area contributed by atoms with E-state index in [0.717, 1.165) is 12.8 Å². The molecule has 1 amide bonds. The summed E-state index contributed by atoms with van der Waals surface area (Å²) in [5, 5.41) is 0. The monoisotopic (exact) mass is 225 g/mol. The molecular weight excluding hydrogens is 202 g/mol. The number of rotatable bonds is 4. The molecule has 0 aromatic carbocycles. The number of hydrogen-bond acceptors (Lipinski definition) is 2. The first-order valence-corrected chi connectivity index (χ1v) is 6.38. The maximum absolute atomic E-state index is 12.0. The van der Waals surface area contributed by atoms with Crippen molar-refractivity contribution < 1.29 is 9.59 Å². The van der Waals surface area contributed by atoms with Crippen LogP contribution >= 0.6 is 0 Å². The van der Waals surface area contributed by atoms with Crippen molar-refractivity contribution in [3.05, 3.63) is 0 Å². The van der Waals surface area contributed by atoms with Gasteiger partial charge in [-0.3, -0.25) is 9.59 Å². The summed E-state index contributed by atoms with van der Waals surface area (Å²) in [7, 11) is 0. The van der Waals surface area contributed by atoms with Crippen molar-refractivity contribution in [2.24, 2.45) is 11.8 Å². The van der Waals surface area contributed by atoms with Gasteiger partial charge >= 0.3 is 0 Å². The molecule has 2 atom stereocenters. The second-order valence-corrected chi connectivity index (χ2v) is 4.88. The molecule has 1 rings (SSSR count). The van der Waals surface area contributed by atoms with Crippen LogP contribution in [0.5, 0.6) is 0 Å². The summed E-state index contributed by atoms with van der Waals surface area (Å²) in [5.74, 6) is 1.08. The average molecular weight is 225 g/mol. The van der Waals surface area contributed by atoms with Crippen LogP contribution in [-0.2, 0) is 9.59 Å². The van der Waals surface area contributed by atoms with Crippen molar-refractivity contribution in [3.63, 3.8) is 0 Å². The summed E-state index contributed by atoms with van der Waals surface area (Å²) < 4.78 is 0. The number of carbonyl (C=O) groups is 2. The number of amides is 1. The molecule has 1 aliphatic rings. The molecule has 0 aliphatic carbocycles. The molecular formula is C13H23NO2. The van der Waals surface area contributed by atoms with Gasteiger partial charge in [0, 0.05) is 31.8 Å². The van der Waals surface area contributed by atoms with Crippen LogP contribution in [0.15, 0.2) is 0 Å². The zero-order valence-electron chi connectivity index (χ0n) is 10.7. The first-order valence-electron chi connectivity index (χ1n) is 6.38. The Morgan fingerprint density at radius 3 is 2.75 bits per heavy atom. The second-order valence-electron chi connectivity index (χ2n) is 4.88. The molecule has 92 valence electrons. The molecule has 3 heteroatoms. The number of piperidine rings is 1. The minimum absolute atomic E-state index is 0.0784. The lowest BCUT2D eigenvalue weighted by Gasteiger charge is -2.32. The van der Waals surface area contributed by atoms with Gasteiger partial charge in [-0.05, 0) is 12.3 Å². The van der Waals surface area contributed by atoms with Gasteiger partial charge in [0.05, 0.1) is 0 Å². The highest BCUT2D eigenvalue weighted by molar-refractivity contribution is 5.85. The Bertz CT molecular complexity index is 263. The van der Waals surface area contributed by atoms with E-state index in [2.05, 4.69) is 13.8 Å². The predicted octanol–water partition coefficient (Wildman–Crippen LogP) is 2.25. The summed E-state index contributed by atoms with van der Waals surface area (Å²) in [6, 6.07) is 0. The molecule has 1 fully saturated rings. The van der Waals surface area contributed by atoms with Crippen LogP contribution in [0, 0.1) is 11.8 Å². The fraction of sp³-hybridized carbons (Fsp3) is 0.846. The van der Waals surface area contributed by atoms with Crippen LogP contribution in [0.25, 0.3) is 0 Å². The van der Waals surface area contributed by atoms with Crippen LogP contribution in [0.2, 0.25) is 0 Å². The predicted molar refractivity (Wildman–Crippen MR) is 64.1 cm³/mol. The fourth-order valence-corrected chi connectivity index (χ4v) is 2.06. The van der Waals surface area contributed by atoms with E-state index in [1.807, 2.05) is 11.8 Å². The number of nitrogens with zero attached hydrogens (tertiary/aromatic N) is 1. The van der Waals surface area contributed by atoms with E-state index < -0.39 is 0 Å². The van der Waals surface area contributed by atoms with Crippen molar-refractivity contribution >= 4 is 11.7 Å². The van der Waals surface area contributed by atoms with Gasteiger partial charge in [0.2, 0.25) is 5.91 Å². The molecule has 0 N–H and O–H groups in total. The van der Waals surface area contributed by atoms with E-state index in [0.29, 0.717) is 37.6 Å². The number of carbonyl (C=O) groups excluding carboxylic acids is 2. The van der Waals surface area contributed by atoms with Gasteiger partial charge in [-0.1, -0.05) is 27.2 Å². The standard InChI is InChI=1S/C13H23NO2/c1-4-10(3)8-13(16)14-7-6-12(15)11(5-2)9-14/h10-11H,4-9H2,1-3H3. The maximum Gasteiger partial charge on any atom is 0.222 e. The minimum atomic E-state index is 0.0784. The Morgan fingerprint density at radius 1 is 1.50 bits per heavy atom. The molecule has 16 heavy (non-hydrogen) atoms. The van der Waals surface area contributed by atoms with Crippen molar-refractivity contribution in [2.45, 2.75) is 46.5 Å². The van der Waals surface area contributed by atoms with Crippen LogP contribution in [0.1, 0.15) is 46.5 Å². The van der Waals surface area contributed by atoms with E-state index in [4.69, 9.17) is 0 Å². The SMILES string of the molecule is CCC(C)CC(=O)N1CCC(=O)C(CC)C1. The second kappa shape index (κ2) is 6.02. The van der Waals surface area contributed by atoms with E-state index in [1.54, 1.807) is 0 Å². The van der Waals surface area contributed by atoms with E-state index in [1.165, 1.54) is 0 Å². The molecule has 0 aromatic rings. The molecule has 1 saturated heterocycles. The van der Waals surface area contributed by atoms with E-state index in [9.17, 15) is 9.59 Å². The quantitative estimate of drug-likeness (QED) is 0.736. The highest BCUT2D eigenvalue weighted by Crippen LogP contribution is 2.18. The van der Waals surface area contributed by atoms with Crippen LogP contribution < -0.4 is 0 Å². The lowest BCUT2D eigenvalue weighted by atomic mass is 9.93. The number of hydrogen-bond donors (Lipinski definition) is 0. The third-order valence-corrected chi connectivity index (χ3v) is 3.59. The highest BCUT2D eigenvalue weighted by atomic mass is 16.2. The fourth-order valence-electron chi connectivity index (χ4n) is 2.06. The summed E-state index contributed by atoms with van der Waals surface area (Å²) in [5.41, 5.74) is 0. The van der Waals surface area contributed by atoms with Crippen LogP contribution in [-0.4, -0.2) is 29.7 Å². The van der Waals surface area contributed by atoms with Gasteiger partial charge < -0.3 is 4.90 Å². The number of Topliss-reactive ketones (excluding diaryl/α,β-unsaturated/α-hetero) is 1. The van der Waals surface area contributed by atoms with E-state index >= 15 is 0 Å². The Labute approximate surface area is 98.2 Å². The summed E-state index contributed by atoms with van der Waals surface area (Å²) >= 11 is 0. The van der Waals surface area contributed by atoms with Crippen LogP contribution in [0.3, 0.4) is 0 Å². The average Bonchev–Trinajstić information content (AvgIpc) is 2.29. The van der Waals surface area contributed by atoms with Gasteiger partial charge in [0.1, 0.15) is 5.78 Å². The largest absolute Gasteiger partial charge is 0.342 e. The minimum Gasteiger partial charge on any atom is -0.342 e. The van der Waals surface area contributed by atoms with Crippen molar-refractivity contribution in [1.29, 1.82) is 0 Å². The summed E-state index contributed by atoms with van der Waals surface area (Å²) in [6.45, 7) is 7.50. The van der Waals surface area contributed by atoms with Gasteiger partial charge in [-0.15, -0.1) is 0 Å². The number of ketones is 1. The lowest BCUT2D eigenvalue weighted by molar-refractivity contribution is -0.137. The van der Waals surface area contributed by atoms with Gasteiger partial charge in [-0.25, -0.2) is 0 Å². The zero-order valence-corrected chi connectivity index (χ0v) is 10.7. The zero-order chi connectivity index (χ0) is 12.1. The maximum atomic E-state index is 12.0. The number of likely N-dealkylation sites (tertiary alicyclic amines) is 1. The lowest BCUT2D eigenvalue weighted by Crippen LogP contribution is -2.44. The summed E-state index contributed by atoms with van der Waals surface area (Å²) in [6.07, 6.45) is 3.06. The van der Waals surface area contributed by atoms with Crippen molar-refractivity contribution in [2.75, 3.05) is 13.1 Å². The Hall–Kier alpha value is -0.860. The van der Waals surface area contributed by atoms with Crippen molar-refractivity contribution in [1.82, 2.24) is 4.90 Å². The Kier molecular flexibility index (Phi) is 4.97. The topological polar surface area (TPSA) is 37.4 Å². The van der Waals surface area contributed by atoms with E-state index in [-0.39, 0.29) is 11.8 Å². The molecule has 1 heterocycles. The third-order valence-electron chi connectivity index (χ3n) is 3.59. The first kappa shape index (κ1) is 13.2. The highest BCUT2D eigenvalue weighted by Gasteiger charge is 2.28. The molecule has 0 aromatic heterocycles. The first-order chi connectivity index (χ1) is 7.58. The van der Waals surface area contributed by atoms with Gasteiger partial charge in [0.25, 0.3) is 0 Å². The molecule has 3 nitrogen and oxygen atoms in total. The molecule has 1 aliphatic heterocycles. The summed E-state index contributed by atoms with van der Waals surface area (Å²) in [4.78, 5) is 25.4. The van der Waals surface area contributed by atoms with Crippen molar-refractivity contribution in [3.8, 4) is 0 Å². The molecule has 0 radical (unpaired) electrons.